The summed E-state index contributed by atoms with van der Waals surface area (Å²) in [6, 6.07) is 13.8. The molecule has 7 nitrogen and oxygen atoms in total. The Balaban J connectivity index is 1.82. The van der Waals surface area contributed by atoms with Crippen molar-refractivity contribution in [3.05, 3.63) is 59.1 Å². The molecule has 8 heteroatoms. The van der Waals surface area contributed by atoms with E-state index >= 15 is 0 Å². The maximum atomic E-state index is 13.3. The van der Waals surface area contributed by atoms with Crippen LogP contribution in [0.25, 0.3) is 10.8 Å². The molecule has 0 fully saturated rings. The highest BCUT2D eigenvalue weighted by molar-refractivity contribution is 7.15. The number of nitrogens with one attached hydrogen (secondary N) is 2. The van der Waals surface area contributed by atoms with Gasteiger partial charge in [0.05, 0.1) is 18.5 Å². The van der Waals surface area contributed by atoms with Crippen LogP contribution in [-0.4, -0.2) is 47.4 Å². The number of hydrogen-bond acceptors (Lipinski definition) is 6. The number of fused-ring (bicyclic) bond motifs is 1. The van der Waals surface area contributed by atoms with Crippen molar-refractivity contribution in [3.8, 4) is 0 Å². The number of hydrogen-bond donors (Lipinski definition) is 3. The number of nitrogens with zero attached hydrogens (tertiary/aromatic N) is 2. The molecule has 0 aliphatic rings. The first kappa shape index (κ1) is 23.7. The van der Waals surface area contributed by atoms with Gasteiger partial charge in [0, 0.05) is 23.7 Å². The number of anilines is 1. The lowest BCUT2D eigenvalue weighted by Crippen LogP contribution is -2.47. The van der Waals surface area contributed by atoms with Crippen LogP contribution in [0.3, 0.4) is 0 Å². The molecule has 1 heterocycles. The monoisotopic (exact) mass is 453 g/mol. The Labute approximate surface area is 193 Å². The quantitative estimate of drug-likeness (QED) is 0.462. The number of carbonyl (C=O) groups excluding carboxylic acids is 2. The number of likely N-dealkylation sites (N-methyl/N-ethyl adjacent to an activating group) is 1. The van der Waals surface area contributed by atoms with Crippen molar-refractivity contribution in [2.45, 2.75) is 45.3 Å². The van der Waals surface area contributed by atoms with Crippen LogP contribution in [0.4, 0.5) is 5.13 Å². The van der Waals surface area contributed by atoms with Gasteiger partial charge in [0.1, 0.15) is 0 Å². The number of nitrogens with two attached hydrogens (primary N) is 1. The number of thiazole rings is 1. The molecule has 3 rings (SSSR count). The standard InChI is InChI=1S/C24H31N5O2S/c1-15(2)29(4)16(3)22(30)27-14-21(23(31)26-12-18-13-28-24(25)32-18)20-11-7-9-17-8-5-6-10-19(17)20/h5-11,13,15-16,21H,12,14H2,1-4H3,(H2,25,28)(H,26,31)(H,27,30)/t16-,21?/m0/s1. The zero-order chi connectivity index (χ0) is 23.3. The predicted molar refractivity (Wildman–Crippen MR) is 130 cm³/mol. The van der Waals surface area contributed by atoms with Crippen LogP contribution in [0.5, 0.6) is 0 Å². The third kappa shape index (κ3) is 5.63. The van der Waals surface area contributed by atoms with Gasteiger partial charge in [0.15, 0.2) is 5.13 Å². The van der Waals surface area contributed by atoms with E-state index in [4.69, 9.17) is 5.73 Å². The highest BCUT2D eigenvalue weighted by atomic mass is 32.1. The topological polar surface area (TPSA) is 100 Å². The minimum Gasteiger partial charge on any atom is -0.375 e. The lowest BCUT2D eigenvalue weighted by Gasteiger charge is -2.28. The second-order valence-corrected chi connectivity index (χ2v) is 9.33. The number of rotatable bonds is 9. The second kappa shape index (κ2) is 10.6. The Morgan fingerprint density at radius 1 is 1.06 bits per heavy atom. The molecule has 0 spiro atoms. The van der Waals surface area contributed by atoms with E-state index in [-0.39, 0.29) is 30.4 Å². The fourth-order valence-corrected chi connectivity index (χ4v) is 4.21. The van der Waals surface area contributed by atoms with E-state index < -0.39 is 5.92 Å². The Morgan fingerprint density at radius 2 is 1.78 bits per heavy atom. The van der Waals surface area contributed by atoms with E-state index in [0.717, 1.165) is 21.2 Å². The van der Waals surface area contributed by atoms with E-state index in [2.05, 4.69) is 15.6 Å². The largest absolute Gasteiger partial charge is 0.375 e. The molecule has 0 bridgehead atoms. The summed E-state index contributed by atoms with van der Waals surface area (Å²) in [5.41, 5.74) is 6.58. The molecule has 32 heavy (non-hydrogen) atoms. The summed E-state index contributed by atoms with van der Waals surface area (Å²) in [7, 11) is 1.92. The van der Waals surface area contributed by atoms with Gasteiger partial charge in [-0.3, -0.25) is 14.5 Å². The molecule has 0 aliphatic heterocycles. The summed E-state index contributed by atoms with van der Waals surface area (Å²) in [5, 5.41) is 8.50. The summed E-state index contributed by atoms with van der Waals surface area (Å²) in [6.07, 6.45) is 1.67. The molecule has 0 saturated heterocycles. The van der Waals surface area contributed by atoms with Crippen LogP contribution in [0, 0.1) is 0 Å². The van der Waals surface area contributed by atoms with E-state index in [1.807, 2.05) is 75.2 Å². The third-order valence-electron chi connectivity index (χ3n) is 5.81. The smallest absolute Gasteiger partial charge is 0.237 e. The summed E-state index contributed by atoms with van der Waals surface area (Å²) in [4.78, 5) is 33.0. The molecule has 0 saturated carbocycles. The first-order chi connectivity index (χ1) is 15.3. The van der Waals surface area contributed by atoms with Crippen LogP contribution in [-0.2, 0) is 16.1 Å². The van der Waals surface area contributed by atoms with E-state index in [9.17, 15) is 9.59 Å². The molecule has 4 N–H and O–H groups in total. The van der Waals surface area contributed by atoms with Gasteiger partial charge in [-0.05, 0) is 44.2 Å². The first-order valence-corrected chi connectivity index (χ1v) is 11.5. The van der Waals surface area contributed by atoms with Gasteiger partial charge in [-0.2, -0.15) is 0 Å². The van der Waals surface area contributed by atoms with Crippen LogP contribution in [0.15, 0.2) is 48.7 Å². The Kier molecular flexibility index (Phi) is 7.82. The number of benzene rings is 2. The molecule has 3 aromatic rings. The van der Waals surface area contributed by atoms with Gasteiger partial charge in [-0.25, -0.2) is 4.98 Å². The van der Waals surface area contributed by atoms with E-state index in [1.165, 1.54) is 11.3 Å². The van der Waals surface area contributed by atoms with E-state index in [1.54, 1.807) is 6.20 Å². The molecule has 2 atom stereocenters. The molecular weight excluding hydrogens is 422 g/mol. The van der Waals surface area contributed by atoms with Crippen molar-refractivity contribution in [3.63, 3.8) is 0 Å². The number of aromatic nitrogens is 1. The molecule has 1 unspecified atom stereocenters. The summed E-state index contributed by atoms with van der Waals surface area (Å²) in [5.74, 6) is -0.792. The lowest BCUT2D eigenvalue weighted by atomic mass is 9.92. The molecular formula is C24H31N5O2S. The molecule has 0 radical (unpaired) electrons. The van der Waals surface area contributed by atoms with Gasteiger partial charge < -0.3 is 16.4 Å². The molecule has 2 amide bonds. The van der Waals surface area contributed by atoms with Crippen molar-refractivity contribution < 1.29 is 9.59 Å². The Morgan fingerprint density at radius 3 is 2.47 bits per heavy atom. The molecule has 170 valence electrons. The van der Waals surface area contributed by atoms with Crippen molar-refractivity contribution in [1.82, 2.24) is 20.5 Å². The second-order valence-electron chi connectivity index (χ2n) is 8.18. The van der Waals surface area contributed by atoms with Crippen LogP contribution < -0.4 is 16.4 Å². The van der Waals surface area contributed by atoms with Gasteiger partial charge >= 0.3 is 0 Å². The average Bonchev–Trinajstić information content (AvgIpc) is 3.21. The number of amides is 2. The first-order valence-electron chi connectivity index (χ1n) is 10.7. The minimum atomic E-state index is -0.535. The van der Waals surface area contributed by atoms with Crippen LogP contribution >= 0.6 is 11.3 Å². The zero-order valence-electron chi connectivity index (χ0n) is 19.0. The van der Waals surface area contributed by atoms with Gasteiger partial charge in [-0.1, -0.05) is 42.5 Å². The van der Waals surface area contributed by atoms with Gasteiger partial charge in [-0.15, -0.1) is 11.3 Å². The summed E-state index contributed by atoms with van der Waals surface area (Å²) in [6.45, 7) is 6.51. The zero-order valence-corrected chi connectivity index (χ0v) is 19.8. The Hall–Kier alpha value is -2.97. The third-order valence-corrected chi connectivity index (χ3v) is 6.64. The number of carbonyl (C=O) groups is 2. The Bertz CT molecular complexity index is 1080. The fourth-order valence-electron chi connectivity index (χ4n) is 3.58. The van der Waals surface area contributed by atoms with Gasteiger partial charge in [0.2, 0.25) is 11.8 Å². The van der Waals surface area contributed by atoms with Crippen molar-refractivity contribution >= 4 is 39.1 Å². The fraction of sp³-hybridized carbons (Fsp3) is 0.375. The highest BCUT2D eigenvalue weighted by Crippen LogP contribution is 2.26. The molecule has 2 aromatic carbocycles. The van der Waals surface area contributed by atoms with Crippen molar-refractivity contribution in [2.24, 2.45) is 0 Å². The van der Waals surface area contributed by atoms with E-state index in [0.29, 0.717) is 11.7 Å². The SMILES string of the molecule is CC(C)N(C)[C@@H](C)C(=O)NCC(C(=O)NCc1cnc(N)s1)c1cccc2ccccc12. The lowest BCUT2D eigenvalue weighted by molar-refractivity contribution is -0.126. The van der Waals surface area contributed by atoms with Gasteiger partial charge in [0.25, 0.3) is 0 Å². The summed E-state index contributed by atoms with van der Waals surface area (Å²) < 4.78 is 0. The minimum absolute atomic E-state index is 0.102. The highest BCUT2D eigenvalue weighted by Gasteiger charge is 2.26. The average molecular weight is 454 g/mol. The maximum absolute atomic E-state index is 13.3. The maximum Gasteiger partial charge on any atom is 0.237 e. The van der Waals surface area contributed by atoms with Crippen molar-refractivity contribution in [1.29, 1.82) is 0 Å². The normalized spacial score (nSPS) is 13.3. The molecule has 0 aliphatic carbocycles. The van der Waals surface area contributed by atoms with Crippen molar-refractivity contribution in [2.75, 3.05) is 19.3 Å². The number of nitrogen functional groups attached to an aromatic ring is 1. The summed E-state index contributed by atoms with van der Waals surface area (Å²) >= 11 is 1.34. The van der Waals surface area contributed by atoms with Crippen LogP contribution in [0.1, 0.15) is 37.1 Å². The predicted octanol–water partition coefficient (Wildman–Crippen LogP) is 3.12. The molecule has 1 aromatic heterocycles. The van der Waals surface area contributed by atoms with Crippen LogP contribution in [0.2, 0.25) is 0 Å².